The molecule has 0 saturated heterocycles. The minimum Gasteiger partial charge on any atom is -0.323 e. The van der Waals surface area contributed by atoms with Crippen LogP contribution >= 0.6 is 0 Å². The van der Waals surface area contributed by atoms with Crippen molar-refractivity contribution in [2.24, 2.45) is 22.8 Å². The summed E-state index contributed by atoms with van der Waals surface area (Å²) in [6.07, 6.45) is 1.46. The molecule has 0 atom stereocenters. The molecule has 3 rings (SSSR count). The molecule has 0 aliphatic heterocycles. The Morgan fingerprint density at radius 1 is 0.727 bits per heavy atom. The monoisotopic (exact) mass is 492 g/mol. The van der Waals surface area contributed by atoms with Gasteiger partial charge in [-0.2, -0.15) is 5.10 Å². The van der Waals surface area contributed by atoms with E-state index in [9.17, 15) is 16.8 Å². The minimum absolute atomic E-state index is 0.113. The van der Waals surface area contributed by atoms with Crippen LogP contribution in [0.25, 0.3) is 11.1 Å². The van der Waals surface area contributed by atoms with E-state index in [1.54, 1.807) is 12.1 Å². The van der Waals surface area contributed by atoms with Gasteiger partial charge >= 0.3 is 0 Å². The van der Waals surface area contributed by atoms with Crippen LogP contribution in [0.3, 0.4) is 0 Å². The molecule has 0 fully saturated rings. The van der Waals surface area contributed by atoms with Gasteiger partial charge in [0.05, 0.1) is 15.5 Å². The maximum absolute atomic E-state index is 12.7. The second-order valence-electron chi connectivity index (χ2n) is 9.05. The number of sulfonamides is 2. The van der Waals surface area contributed by atoms with Crippen molar-refractivity contribution in [3.63, 3.8) is 0 Å². The number of nitrogens with one attached hydrogen (secondary N) is 2. The minimum atomic E-state index is -3.70. The first-order valence-electron chi connectivity index (χ1n) is 11.0. The molecule has 0 radical (unpaired) electrons. The quantitative estimate of drug-likeness (QED) is 0.296. The lowest BCUT2D eigenvalue weighted by Crippen LogP contribution is -2.26. The lowest BCUT2D eigenvalue weighted by atomic mass is 10.1. The fourth-order valence-corrected chi connectivity index (χ4v) is 5.80. The molecular weight excluding hydrogens is 460 g/mol. The van der Waals surface area contributed by atoms with Gasteiger partial charge in [-0.3, -0.25) is 0 Å². The fourth-order valence-electron chi connectivity index (χ4n) is 3.66. The summed E-state index contributed by atoms with van der Waals surface area (Å²) in [6.45, 7) is 8.80. The summed E-state index contributed by atoms with van der Waals surface area (Å²) in [7, 11) is -7.39. The van der Waals surface area contributed by atoms with Crippen molar-refractivity contribution in [3.05, 3.63) is 47.5 Å². The Morgan fingerprint density at radius 2 is 1.12 bits per heavy atom. The van der Waals surface area contributed by atoms with Crippen LogP contribution < -0.4 is 15.3 Å². The van der Waals surface area contributed by atoms with Crippen molar-refractivity contribution < 1.29 is 16.8 Å². The van der Waals surface area contributed by atoms with Crippen LogP contribution in [-0.2, 0) is 20.0 Å². The number of rotatable bonds is 10. The number of hydrazone groups is 1. The summed E-state index contributed by atoms with van der Waals surface area (Å²) in [5.41, 5.74) is 2.99. The summed E-state index contributed by atoms with van der Waals surface area (Å²) in [6, 6.07) is 9.56. The summed E-state index contributed by atoms with van der Waals surface area (Å²) in [5.74, 6) is 6.42. The van der Waals surface area contributed by atoms with Crippen molar-refractivity contribution in [1.82, 2.24) is 9.44 Å². The molecular formula is C23H32N4O4S2. The van der Waals surface area contributed by atoms with E-state index in [0.29, 0.717) is 41.8 Å². The Kier molecular flexibility index (Phi) is 7.62. The van der Waals surface area contributed by atoms with Crippen LogP contribution in [-0.4, -0.2) is 35.6 Å². The lowest BCUT2D eigenvalue weighted by Gasteiger charge is -2.10. The first kappa shape index (κ1) is 25.4. The normalized spacial score (nSPS) is 13.5. The SMILES string of the molecule is CC(C)CCNS(=O)(=O)c1ccc2c(c1)C(=NN)c1cc(S(=O)(=O)NCCC(C)C)ccc1-2. The molecule has 0 spiro atoms. The number of nitrogens with zero attached hydrogens (tertiary/aromatic N) is 1. The highest BCUT2D eigenvalue weighted by molar-refractivity contribution is 7.89. The molecule has 10 heteroatoms. The first-order chi connectivity index (χ1) is 15.5. The average molecular weight is 493 g/mol. The average Bonchev–Trinajstić information content (AvgIpc) is 3.05. The van der Waals surface area contributed by atoms with E-state index < -0.39 is 20.0 Å². The van der Waals surface area contributed by atoms with E-state index in [0.717, 1.165) is 24.0 Å². The smallest absolute Gasteiger partial charge is 0.240 e. The van der Waals surface area contributed by atoms with Gasteiger partial charge in [0.1, 0.15) is 0 Å². The van der Waals surface area contributed by atoms with Gasteiger partial charge in [-0.15, -0.1) is 0 Å². The highest BCUT2D eigenvalue weighted by Crippen LogP contribution is 2.39. The summed E-state index contributed by atoms with van der Waals surface area (Å²) >= 11 is 0. The van der Waals surface area contributed by atoms with Gasteiger partial charge in [0.15, 0.2) is 0 Å². The summed E-state index contributed by atoms with van der Waals surface area (Å²) in [4.78, 5) is 0.226. The maximum Gasteiger partial charge on any atom is 0.240 e. The van der Waals surface area contributed by atoms with Crippen LogP contribution in [0.2, 0.25) is 0 Å². The first-order valence-corrected chi connectivity index (χ1v) is 14.0. The van der Waals surface area contributed by atoms with E-state index in [-0.39, 0.29) is 9.79 Å². The maximum atomic E-state index is 12.7. The van der Waals surface area contributed by atoms with E-state index in [1.165, 1.54) is 24.3 Å². The lowest BCUT2D eigenvalue weighted by molar-refractivity contribution is 0.550. The largest absolute Gasteiger partial charge is 0.323 e. The molecule has 1 aliphatic rings. The molecule has 0 amide bonds. The summed E-state index contributed by atoms with van der Waals surface area (Å²) < 4.78 is 56.2. The van der Waals surface area contributed by atoms with Crippen molar-refractivity contribution in [2.45, 2.75) is 50.3 Å². The Morgan fingerprint density at radius 3 is 1.45 bits per heavy atom. The van der Waals surface area contributed by atoms with E-state index in [4.69, 9.17) is 5.84 Å². The van der Waals surface area contributed by atoms with Gasteiger partial charge < -0.3 is 5.84 Å². The Hall–Kier alpha value is -2.27. The summed E-state index contributed by atoms with van der Waals surface area (Å²) in [5, 5.41) is 3.87. The molecule has 180 valence electrons. The Bertz CT molecular complexity index is 1170. The standard InChI is InChI=1S/C23H32N4O4S2/c1-15(2)9-11-25-32(28,29)17-5-7-19-20-8-6-18(33(30,31)26-12-10-16(3)4)14-22(20)23(27-24)21(19)13-17/h5-8,13-16,25-26H,9-12,24H2,1-4H3. The van der Waals surface area contributed by atoms with Crippen LogP contribution in [0.1, 0.15) is 51.7 Å². The van der Waals surface area contributed by atoms with Crippen LogP contribution in [0.5, 0.6) is 0 Å². The highest BCUT2D eigenvalue weighted by atomic mass is 32.2. The predicted molar refractivity (Wildman–Crippen MR) is 131 cm³/mol. The zero-order valence-corrected chi connectivity index (χ0v) is 21.1. The highest BCUT2D eigenvalue weighted by Gasteiger charge is 2.29. The Labute approximate surface area is 196 Å². The van der Waals surface area contributed by atoms with E-state index >= 15 is 0 Å². The van der Waals surface area contributed by atoms with Crippen LogP contribution in [0.4, 0.5) is 0 Å². The molecule has 1 aliphatic carbocycles. The van der Waals surface area contributed by atoms with Crippen molar-refractivity contribution >= 4 is 25.8 Å². The molecule has 0 unspecified atom stereocenters. The van der Waals surface area contributed by atoms with Gasteiger partial charge in [0.25, 0.3) is 0 Å². The van der Waals surface area contributed by atoms with E-state index in [2.05, 4.69) is 14.5 Å². The van der Waals surface area contributed by atoms with Gasteiger partial charge in [0, 0.05) is 24.2 Å². The molecule has 2 aromatic rings. The second kappa shape index (κ2) is 9.92. The third kappa shape index (κ3) is 5.63. The molecule has 8 nitrogen and oxygen atoms in total. The van der Waals surface area contributed by atoms with Crippen molar-refractivity contribution in [2.75, 3.05) is 13.1 Å². The predicted octanol–water partition coefficient (Wildman–Crippen LogP) is 3.03. The molecule has 0 saturated carbocycles. The number of nitrogens with two attached hydrogens (primary N) is 1. The molecule has 0 heterocycles. The van der Waals surface area contributed by atoms with Gasteiger partial charge in [-0.1, -0.05) is 39.8 Å². The van der Waals surface area contributed by atoms with Gasteiger partial charge in [-0.05, 0) is 60.1 Å². The zero-order chi connectivity index (χ0) is 24.4. The van der Waals surface area contributed by atoms with Crippen molar-refractivity contribution in [1.29, 1.82) is 0 Å². The topological polar surface area (TPSA) is 131 Å². The number of benzene rings is 2. The molecule has 0 aromatic heterocycles. The zero-order valence-electron chi connectivity index (χ0n) is 19.4. The second-order valence-corrected chi connectivity index (χ2v) is 12.6. The fraction of sp³-hybridized carbons (Fsp3) is 0.435. The third-order valence-electron chi connectivity index (χ3n) is 5.56. The van der Waals surface area contributed by atoms with Crippen molar-refractivity contribution in [3.8, 4) is 11.1 Å². The number of hydrogen-bond acceptors (Lipinski definition) is 6. The Balaban J connectivity index is 1.92. The number of fused-ring (bicyclic) bond motifs is 3. The van der Waals surface area contributed by atoms with Gasteiger partial charge in [0.2, 0.25) is 20.0 Å². The molecule has 0 bridgehead atoms. The van der Waals surface area contributed by atoms with Crippen LogP contribution in [0, 0.1) is 11.8 Å². The molecule has 33 heavy (non-hydrogen) atoms. The molecule has 2 aromatic carbocycles. The molecule has 4 N–H and O–H groups in total. The third-order valence-corrected chi connectivity index (χ3v) is 8.48. The van der Waals surface area contributed by atoms with Gasteiger partial charge in [-0.25, -0.2) is 26.3 Å². The van der Waals surface area contributed by atoms with Crippen LogP contribution in [0.15, 0.2) is 51.3 Å². The van der Waals surface area contributed by atoms with E-state index in [1.807, 2.05) is 27.7 Å². The number of hydrogen-bond donors (Lipinski definition) is 3.